The summed E-state index contributed by atoms with van der Waals surface area (Å²) in [6.45, 7) is 9.11. The maximum Gasteiger partial charge on any atom is 0.0692 e. The maximum atomic E-state index is 3.97. The average molecular weight is 237 g/mol. The van der Waals surface area contributed by atoms with Gasteiger partial charge in [-0.25, -0.2) is 0 Å². The molecule has 1 unspecified atom stereocenters. The average Bonchev–Trinajstić information content (AvgIpc) is 2.98. The Kier molecular flexibility index (Phi) is 4.94. The third-order valence-corrected chi connectivity index (χ3v) is 3.39. The van der Waals surface area contributed by atoms with Crippen LogP contribution in [-0.4, -0.2) is 52.6 Å². The molecule has 0 aliphatic carbocycles. The lowest BCUT2D eigenvalue weighted by atomic mass is 10.1. The van der Waals surface area contributed by atoms with Gasteiger partial charge >= 0.3 is 0 Å². The van der Waals surface area contributed by atoms with Gasteiger partial charge in [-0.05, 0) is 44.9 Å². The molecule has 1 aromatic heterocycles. The quantitative estimate of drug-likeness (QED) is 0.754. The smallest absolute Gasteiger partial charge is 0.0692 e. The first-order chi connectivity index (χ1) is 8.38. The van der Waals surface area contributed by atoms with E-state index in [0.717, 1.165) is 25.4 Å². The molecule has 0 aromatic carbocycles. The lowest BCUT2D eigenvalue weighted by Gasteiger charge is -2.15. The van der Waals surface area contributed by atoms with Gasteiger partial charge in [0, 0.05) is 19.3 Å². The fraction of sp³-hybridized carbons (Fsp3) is 0.833. The number of nitrogens with one attached hydrogen (secondary N) is 1. The van der Waals surface area contributed by atoms with Crippen molar-refractivity contribution in [3.63, 3.8) is 0 Å². The highest BCUT2D eigenvalue weighted by Gasteiger charge is 2.21. The molecule has 0 radical (unpaired) electrons. The fourth-order valence-corrected chi connectivity index (χ4v) is 2.44. The molecule has 2 rings (SSSR count). The van der Waals surface area contributed by atoms with Crippen LogP contribution < -0.4 is 5.32 Å². The summed E-state index contributed by atoms with van der Waals surface area (Å²) in [5.74, 6) is 0.848. The summed E-state index contributed by atoms with van der Waals surface area (Å²) in [4.78, 5) is 2.57. The van der Waals surface area contributed by atoms with Crippen molar-refractivity contribution in [2.45, 2.75) is 26.3 Å². The molecule has 0 amide bonds. The predicted molar refractivity (Wildman–Crippen MR) is 67.7 cm³/mol. The molecule has 0 saturated carbocycles. The van der Waals surface area contributed by atoms with E-state index in [0.29, 0.717) is 0 Å². The van der Waals surface area contributed by atoms with E-state index in [-0.39, 0.29) is 0 Å². The van der Waals surface area contributed by atoms with Crippen LogP contribution in [0.15, 0.2) is 12.4 Å². The van der Waals surface area contributed by atoms with Crippen LogP contribution in [-0.2, 0) is 6.54 Å². The van der Waals surface area contributed by atoms with E-state index in [9.17, 15) is 0 Å². The van der Waals surface area contributed by atoms with Gasteiger partial charge in [0.1, 0.15) is 0 Å². The number of likely N-dealkylation sites (tertiary alicyclic amines) is 1. The van der Waals surface area contributed by atoms with Gasteiger partial charge in [-0.15, -0.1) is 5.10 Å². The Labute approximate surface area is 103 Å². The SMILES string of the molecule is CCNCC1CCN(CCCn2ccnn2)C1. The maximum absolute atomic E-state index is 3.97. The molecule has 17 heavy (non-hydrogen) atoms. The summed E-state index contributed by atoms with van der Waals surface area (Å²) in [5, 5.41) is 11.2. The molecule has 0 bridgehead atoms. The third kappa shape index (κ3) is 4.09. The summed E-state index contributed by atoms with van der Waals surface area (Å²) in [5.41, 5.74) is 0. The first-order valence-corrected chi connectivity index (χ1v) is 6.65. The second-order valence-electron chi connectivity index (χ2n) is 4.78. The van der Waals surface area contributed by atoms with Crippen LogP contribution in [0, 0.1) is 5.92 Å². The molecule has 0 spiro atoms. The molecule has 1 aliphatic heterocycles. The van der Waals surface area contributed by atoms with Gasteiger partial charge in [-0.1, -0.05) is 12.1 Å². The van der Waals surface area contributed by atoms with Crippen molar-refractivity contribution in [3.8, 4) is 0 Å². The predicted octanol–water partition coefficient (Wildman–Crippen LogP) is 0.600. The zero-order valence-corrected chi connectivity index (χ0v) is 10.7. The summed E-state index contributed by atoms with van der Waals surface area (Å²) in [6.07, 6.45) is 6.17. The second-order valence-corrected chi connectivity index (χ2v) is 4.78. The Morgan fingerprint density at radius 3 is 3.12 bits per heavy atom. The zero-order valence-electron chi connectivity index (χ0n) is 10.7. The van der Waals surface area contributed by atoms with Crippen LogP contribution in [0.2, 0.25) is 0 Å². The number of nitrogens with zero attached hydrogens (tertiary/aromatic N) is 4. The van der Waals surface area contributed by atoms with Crippen molar-refractivity contribution in [1.82, 2.24) is 25.2 Å². The van der Waals surface area contributed by atoms with Crippen LogP contribution >= 0.6 is 0 Å². The van der Waals surface area contributed by atoms with E-state index in [1.165, 1.54) is 32.6 Å². The van der Waals surface area contributed by atoms with Gasteiger partial charge in [-0.2, -0.15) is 0 Å². The Balaban J connectivity index is 1.58. The molecule has 1 fully saturated rings. The minimum atomic E-state index is 0.848. The van der Waals surface area contributed by atoms with E-state index in [1.54, 1.807) is 6.20 Å². The fourth-order valence-electron chi connectivity index (χ4n) is 2.44. The number of hydrogen-bond acceptors (Lipinski definition) is 4. The van der Waals surface area contributed by atoms with Crippen molar-refractivity contribution in [1.29, 1.82) is 0 Å². The molecule has 96 valence electrons. The lowest BCUT2D eigenvalue weighted by molar-refractivity contribution is 0.307. The van der Waals surface area contributed by atoms with Crippen molar-refractivity contribution < 1.29 is 0 Å². The summed E-state index contributed by atoms with van der Waals surface area (Å²) in [6, 6.07) is 0. The monoisotopic (exact) mass is 237 g/mol. The Morgan fingerprint density at radius 1 is 1.41 bits per heavy atom. The Hall–Kier alpha value is -0.940. The molecule has 5 heteroatoms. The number of rotatable bonds is 7. The van der Waals surface area contributed by atoms with Gasteiger partial charge in [0.25, 0.3) is 0 Å². The highest BCUT2D eigenvalue weighted by atomic mass is 15.4. The van der Waals surface area contributed by atoms with E-state index in [4.69, 9.17) is 0 Å². The lowest BCUT2D eigenvalue weighted by Crippen LogP contribution is -2.27. The second kappa shape index (κ2) is 6.71. The number of aryl methyl sites for hydroxylation is 1. The largest absolute Gasteiger partial charge is 0.317 e. The zero-order chi connectivity index (χ0) is 11.9. The van der Waals surface area contributed by atoms with Gasteiger partial charge in [0.05, 0.1) is 6.20 Å². The van der Waals surface area contributed by atoms with Crippen molar-refractivity contribution in [3.05, 3.63) is 12.4 Å². The van der Waals surface area contributed by atoms with Crippen LogP contribution in [0.25, 0.3) is 0 Å². The molecule has 1 aliphatic rings. The summed E-state index contributed by atoms with van der Waals surface area (Å²) >= 11 is 0. The first kappa shape index (κ1) is 12.5. The van der Waals surface area contributed by atoms with Crippen molar-refractivity contribution in [2.24, 2.45) is 5.92 Å². The minimum Gasteiger partial charge on any atom is -0.317 e. The van der Waals surface area contributed by atoms with Crippen LogP contribution in [0.5, 0.6) is 0 Å². The molecule has 1 atom stereocenters. The first-order valence-electron chi connectivity index (χ1n) is 6.65. The molecule has 1 N–H and O–H groups in total. The van der Waals surface area contributed by atoms with Crippen molar-refractivity contribution in [2.75, 3.05) is 32.7 Å². The van der Waals surface area contributed by atoms with Gasteiger partial charge in [0.2, 0.25) is 0 Å². The normalized spacial score (nSPS) is 21.1. The molecular formula is C12H23N5. The van der Waals surface area contributed by atoms with Gasteiger partial charge in [-0.3, -0.25) is 4.68 Å². The number of hydrogen-bond donors (Lipinski definition) is 1. The van der Waals surface area contributed by atoms with E-state index in [2.05, 4.69) is 27.5 Å². The van der Waals surface area contributed by atoms with Crippen LogP contribution in [0.4, 0.5) is 0 Å². The van der Waals surface area contributed by atoms with E-state index < -0.39 is 0 Å². The molecule has 1 saturated heterocycles. The molecular weight excluding hydrogens is 214 g/mol. The Morgan fingerprint density at radius 2 is 2.35 bits per heavy atom. The van der Waals surface area contributed by atoms with Crippen molar-refractivity contribution >= 4 is 0 Å². The van der Waals surface area contributed by atoms with E-state index >= 15 is 0 Å². The topological polar surface area (TPSA) is 46.0 Å². The molecule has 5 nitrogen and oxygen atoms in total. The van der Waals surface area contributed by atoms with Gasteiger partial charge < -0.3 is 10.2 Å². The highest BCUT2D eigenvalue weighted by molar-refractivity contribution is 4.77. The third-order valence-electron chi connectivity index (χ3n) is 3.39. The minimum absolute atomic E-state index is 0.848. The summed E-state index contributed by atoms with van der Waals surface area (Å²) in [7, 11) is 0. The highest BCUT2D eigenvalue weighted by Crippen LogP contribution is 2.15. The number of aromatic nitrogens is 3. The van der Waals surface area contributed by atoms with Gasteiger partial charge in [0.15, 0.2) is 0 Å². The van der Waals surface area contributed by atoms with Crippen LogP contribution in [0.3, 0.4) is 0 Å². The Bertz CT molecular complexity index is 298. The summed E-state index contributed by atoms with van der Waals surface area (Å²) < 4.78 is 1.91. The van der Waals surface area contributed by atoms with E-state index in [1.807, 2.05) is 10.9 Å². The molecule has 1 aromatic rings. The van der Waals surface area contributed by atoms with Crippen LogP contribution in [0.1, 0.15) is 19.8 Å². The standard InChI is InChI=1S/C12H23N5/c1-2-13-10-12-4-8-16(11-12)6-3-7-17-9-5-14-15-17/h5,9,12-13H,2-4,6-8,10-11H2,1H3. The molecule has 2 heterocycles.